The molecule has 0 radical (unpaired) electrons. The second kappa shape index (κ2) is 11.5. The van der Waals surface area contributed by atoms with E-state index in [2.05, 4.69) is 15.4 Å². The van der Waals surface area contributed by atoms with Crippen LogP contribution < -0.4 is 20.7 Å². The van der Waals surface area contributed by atoms with Crippen molar-refractivity contribution in [3.05, 3.63) is 39.9 Å². The highest BCUT2D eigenvalue weighted by molar-refractivity contribution is 6.05. The molecule has 2 aliphatic rings. The Morgan fingerprint density at radius 1 is 1.17 bits per heavy atom. The van der Waals surface area contributed by atoms with Crippen LogP contribution in [0, 0.1) is 0 Å². The van der Waals surface area contributed by atoms with Crippen molar-refractivity contribution in [2.75, 3.05) is 54.5 Å². The molecular formula is C24H27F6N7O4. The number of ether oxygens (including phenoxy) is 1. The van der Waals surface area contributed by atoms with Gasteiger partial charge in [0, 0.05) is 31.9 Å². The van der Waals surface area contributed by atoms with Crippen LogP contribution in [-0.2, 0) is 26.7 Å². The third kappa shape index (κ3) is 6.39. The minimum Gasteiger partial charge on any atom is -0.379 e. The second-order valence-electron chi connectivity index (χ2n) is 9.55. The molecule has 1 saturated heterocycles. The highest BCUT2D eigenvalue weighted by atomic mass is 19.4. The zero-order valence-corrected chi connectivity index (χ0v) is 22.0. The van der Waals surface area contributed by atoms with Crippen molar-refractivity contribution in [3.63, 3.8) is 0 Å². The second-order valence-corrected chi connectivity index (χ2v) is 9.55. The summed E-state index contributed by atoms with van der Waals surface area (Å²) < 4.78 is 84.7. The van der Waals surface area contributed by atoms with Crippen molar-refractivity contribution in [1.82, 2.24) is 20.1 Å². The zero-order valence-electron chi connectivity index (χ0n) is 22.0. The Morgan fingerprint density at radius 2 is 1.90 bits per heavy atom. The molecule has 11 nitrogen and oxygen atoms in total. The van der Waals surface area contributed by atoms with Gasteiger partial charge in [0.1, 0.15) is 11.6 Å². The van der Waals surface area contributed by atoms with E-state index in [0.717, 1.165) is 18.5 Å². The van der Waals surface area contributed by atoms with E-state index in [1.165, 1.54) is 16.7 Å². The predicted octanol–water partition coefficient (Wildman–Crippen LogP) is 2.49. The van der Waals surface area contributed by atoms with Gasteiger partial charge in [-0.2, -0.15) is 31.4 Å². The maximum absolute atomic E-state index is 13.2. The van der Waals surface area contributed by atoms with Gasteiger partial charge in [-0.05, 0) is 19.9 Å². The molecule has 0 aliphatic carbocycles. The van der Waals surface area contributed by atoms with Gasteiger partial charge in [-0.1, -0.05) is 0 Å². The molecule has 41 heavy (non-hydrogen) atoms. The van der Waals surface area contributed by atoms with E-state index < -0.39 is 52.7 Å². The molecule has 0 aromatic carbocycles. The van der Waals surface area contributed by atoms with E-state index >= 15 is 0 Å². The Hall–Kier alpha value is -3.89. The van der Waals surface area contributed by atoms with Gasteiger partial charge in [0.15, 0.2) is 5.82 Å². The number of pyridine rings is 1. The summed E-state index contributed by atoms with van der Waals surface area (Å²) in [7, 11) is 0. The first-order valence-electron chi connectivity index (χ1n) is 12.6. The lowest BCUT2D eigenvalue weighted by atomic mass is 10.0. The molecule has 17 heteroatoms. The van der Waals surface area contributed by atoms with E-state index in [1.54, 1.807) is 16.9 Å². The van der Waals surface area contributed by atoms with Gasteiger partial charge in [0.25, 0.3) is 11.5 Å². The van der Waals surface area contributed by atoms with Gasteiger partial charge in [-0.3, -0.25) is 14.4 Å². The number of nitrogens with zero attached hydrogens (tertiary/aromatic N) is 5. The lowest BCUT2D eigenvalue weighted by Gasteiger charge is -2.47. The largest absolute Gasteiger partial charge is 0.423 e. The summed E-state index contributed by atoms with van der Waals surface area (Å²) in [5.41, 5.74) is -4.20. The van der Waals surface area contributed by atoms with Crippen LogP contribution in [0.4, 0.5) is 43.5 Å². The molecule has 2 amide bonds. The van der Waals surface area contributed by atoms with Gasteiger partial charge >= 0.3 is 12.4 Å². The SMILES string of the molecule is CCN1C(=O)[C@H]2CN(C(=O)CCOC[C@H](C)Nc3cn[nH]c(=O)c3C(F)(F)F)CCN2c2ncc(C(F)(F)F)cc21. The highest BCUT2D eigenvalue weighted by Crippen LogP contribution is 2.40. The molecule has 0 unspecified atom stereocenters. The Labute approximate surface area is 229 Å². The van der Waals surface area contributed by atoms with Gasteiger partial charge < -0.3 is 24.8 Å². The third-order valence-electron chi connectivity index (χ3n) is 6.71. The van der Waals surface area contributed by atoms with Crippen LogP contribution >= 0.6 is 0 Å². The Kier molecular flexibility index (Phi) is 8.46. The molecule has 2 aromatic rings. The number of carbonyl (C=O) groups is 2. The Morgan fingerprint density at radius 3 is 2.56 bits per heavy atom. The van der Waals surface area contributed by atoms with Crippen LogP contribution in [0.15, 0.2) is 23.3 Å². The van der Waals surface area contributed by atoms with E-state index in [4.69, 9.17) is 4.74 Å². The monoisotopic (exact) mass is 591 g/mol. The summed E-state index contributed by atoms with van der Waals surface area (Å²) in [4.78, 5) is 45.9. The van der Waals surface area contributed by atoms with Crippen LogP contribution in [0.1, 0.15) is 31.4 Å². The minimum atomic E-state index is -4.89. The molecule has 4 heterocycles. The predicted molar refractivity (Wildman–Crippen MR) is 133 cm³/mol. The van der Waals surface area contributed by atoms with E-state index in [0.29, 0.717) is 0 Å². The fraction of sp³-hybridized carbons (Fsp3) is 0.542. The zero-order chi connectivity index (χ0) is 30.1. The number of likely N-dealkylation sites (N-methyl/N-ethyl adjacent to an activating group) is 1. The maximum atomic E-state index is 13.2. The van der Waals surface area contributed by atoms with Gasteiger partial charge in [0.2, 0.25) is 5.91 Å². The number of nitrogens with one attached hydrogen (secondary N) is 2. The Balaban J connectivity index is 1.32. The topological polar surface area (TPSA) is 124 Å². The number of hydrogen-bond donors (Lipinski definition) is 2. The van der Waals surface area contributed by atoms with Crippen LogP contribution in [0.3, 0.4) is 0 Å². The van der Waals surface area contributed by atoms with Crippen LogP contribution in [0.25, 0.3) is 0 Å². The van der Waals surface area contributed by atoms with E-state index in [1.807, 2.05) is 0 Å². The summed E-state index contributed by atoms with van der Waals surface area (Å²) in [5.74, 6) is -0.529. The lowest BCUT2D eigenvalue weighted by Crippen LogP contribution is -2.63. The first-order valence-corrected chi connectivity index (χ1v) is 12.6. The molecule has 0 saturated carbocycles. The average molecular weight is 592 g/mol. The third-order valence-corrected chi connectivity index (χ3v) is 6.71. The number of fused-ring (bicyclic) bond motifs is 3. The summed E-state index contributed by atoms with van der Waals surface area (Å²) in [6.07, 6.45) is -8.02. The number of aromatic amines is 1. The van der Waals surface area contributed by atoms with E-state index in [9.17, 15) is 40.7 Å². The smallest absolute Gasteiger partial charge is 0.379 e. The molecule has 224 valence electrons. The average Bonchev–Trinajstić information content (AvgIpc) is 2.89. The molecule has 0 bridgehead atoms. The summed E-state index contributed by atoms with van der Waals surface area (Å²) in [6, 6.07) is -0.579. The number of piperazine rings is 1. The van der Waals surface area contributed by atoms with Crippen molar-refractivity contribution in [1.29, 1.82) is 0 Å². The van der Waals surface area contributed by atoms with Gasteiger partial charge in [-0.25, -0.2) is 10.1 Å². The quantitative estimate of drug-likeness (QED) is 0.355. The molecule has 2 N–H and O–H groups in total. The van der Waals surface area contributed by atoms with Crippen molar-refractivity contribution < 1.29 is 40.7 Å². The van der Waals surface area contributed by atoms with E-state index in [-0.39, 0.29) is 63.2 Å². The molecule has 2 aromatic heterocycles. The van der Waals surface area contributed by atoms with Crippen molar-refractivity contribution in [2.24, 2.45) is 0 Å². The van der Waals surface area contributed by atoms with Crippen molar-refractivity contribution in [2.45, 2.75) is 44.7 Å². The standard InChI is InChI=1S/C24H27F6N7O4/c1-3-36-16-8-14(23(25,26)27)9-31-20(16)37-6-5-35(11-17(37)22(36)40)18(38)4-7-41-12-13(2)33-15-10-32-34-21(39)19(15)24(28,29)30/h8-10,13,17H,3-7,11-12H2,1-2H3,(H2,33,34,39)/t13-,17+/m0/s1. The van der Waals surface area contributed by atoms with Crippen molar-refractivity contribution in [3.8, 4) is 0 Å². The molecular weight excluding hydrogens is 564 g/mol. The molecule has 4 rings (SSSR count). The van der Waals surface area contributed by atoms with Gasteiger partial charge in [0.05, 0.1) is 49.3 Å². The number of H-pyrrole nitrogens is 1. The molecule has 2 atom stereocenters. The number of anilines is 3. The fourth-order valence-electron chi connectivity index (χ4n) is 4.79. The fourth-order valence-corrected chi connectivity index (χ4v) is 4.79. The number of alkyl halides is 6. The number of rotatable bonds is 8. The number of halogens is 6. The number of hydrogen-bond acceptors (Lipinski definition) is 8. The van der Waals surface area contributed by atoms with Crippen LogP contribution in [-0.4, -0.2) is 83.4 Å². The lowest BCUT2D eigenvalue weighted by molar-refractivity contribution is -0.138. The van der Waals surface area contributed by atoms with Gasteiger partial charge in [-0.15, -0.1) is 0 Å². The van der Waals surface area contributed by atoms with Crippen molar-refractivity contribution >= 4 is 29.0 Å². The number of carbonyl (C=O) groups excluding carboxylic acids is 2. The molecule has 0 spiro atoms. The highest BCUT2D eigenvalue weighted by Gasteiger charge is 2.44. The Bertz CT molecular complexity index is 1350. The summed E-state index contributed by atoms with van der Waals surface area (Å²) in [6.45, 7) is 3.51. The number of amides is 2. The normalized spacial score (nSPS) is 18.2. The molecule has 1 fully saturated rings. The van der Waals surface area contributed by atoms with Crippen LogP contribution in [0.5, 0.6) is 0 Å². The van der Waals surface area contributed by atoms with Crippen LogP contribution in [0.2, 0.25) is 0 Å². The first-order chi connectivity index (χ1) is 19.2. The first kappa shape index (κ1) is 30.1. The maximum Gasteiger partial charge on any atom is 0.423 e. The molecule has 2 aliphatic heterocycles. The minimum absolute atomic E-state index is 0.00401. The summed E-state index contributed by atoms with van der Waals surface area (Å²) >= 11 is 0. The summed E-state index contributed by atoms with van der Waals surface area (Å²) in [5, 5.41) is 7.66. The number of aromatic nitrogens is 3.